The van der Waals surface area contributed by atoms with Crippen LogP contribution in [0.25, 0.3) is 0 Å². The van der Waals surface area contributed by atoms with Crippen molar-refractivity contribution in [1.29, 1.82) is 0 Å². The largest absolute Gasteiger partial charge is 0.480 e. The first kappa shape index (κ1) is 8.78. The third-order valence-corrected chi connectivity index (χ3v) is 5.14. The fourth-order valence-corrected chi connectivity index (χ4v) is 4.68. The summed E-state index contributed by atoms with van der Waals surface area (Å²) in [4.78, 5) is 3.48. The zero-order valence-electron chi connectivity index (χ0n) is 7.57. The monoisotopic (exact) mass is 258 g/mol. The van der Waals surface area contributed by atoms with Crippen LogP contribution in [0.15, 0.2) is 14.7 Å². The van der Waals surface area contributed by atoms with E-state index in [9.17, 15) is 0 Å². The number of hydrogen-bond acceptors (Lipinski definition) is 6. The molecule has 0 fully saturated rings. The lowest BCUT2D eigenvalue weighted by atomic mass is 10.3. The molecule has 0 unspecified atom stereocenters. The predicted octanol–water partition coefficient (Wildman–Crippen LogP) is 3.01. The van der Waals surface area contributed by atoms with Gasteiger partial charge in [0.1, 0.15) is 17.8 Å². The van der Waals surface area contributed by atoms with Crippen molar-refractivity contribution in [2.75, 3.05) is 17.8 Å². The highest BCUT2D eigenvalue weighted by Gasteiger charge is 2.36. The highest BCUT2D eigenvalue weighted by Crippen LogP contribution is 2.61. The Kier molecular flexibility index (Phi) is 1.81. The summed E-state index contributed by atoms with van der Waals surface area (Å²) in [5.74, 6) is 4.98. The number of benzene rings is 1. The van der Waals surface area contributed by atoms with Crippen LogP contribution in [0.3, 0.4) is 0 Å². The van der Waals surface area contributed by atoms with Gasteiger partial charge in [-0.25, -0.2) is 0 Å². The fourth-order valence-electron chi connectivity index (χ4n) is 1.85. The van der Waals surface area contributed by atoms with Crippen molar-refractivity contribution >= 4 is 35.3 Å². The van der Waals surface area contributed by atoms with Crippen LogP contribution in [-0.2, 0) is 0 Å². The highest BCUT2D eigenvalue weighted by atomic mass is 32.2. The molecule has 3 nitrogen and oxygen atoms in total. The van der Waals surface area contributed by atoms with E-state index in [1.54, 1.807) is 35.3 Å². The lowest BCUT2D eigenvalue weighted by Crippen LogP contribution is -1.89. The van der Waals surface area contributed by atoms with Crippen LogP contribution in [0, 0.1) is 0 Å². The van der Waals surface area contributed by atoms with Crippen LogP contribution in [0.1, 0.15) is 0 Å². The SMILES string of the molecule is C1Oc2c(c3c(c4c2SCO4)SCO3)S1. The third kappa shape index (κ3) is 1.07. The molecule has 0 radical (unpaired) electrons. The van der Waals surface area contributed by atoms with Crippen LogP contribution in [0.4, 0.5) is 0 Å². The molecule has 1 aromatic rings. The van der Waals surface area contributed by atoms with Crippen LogP contribution < -0.4 is 14.2 Å². The molecular formula is C9H6O3S3. The molecule has 3 aliphatic rings. The van der Waals surface area contributed by atoms with Crippen molar-refractivity contribution in [1.82, 2.24) is 0 Å². The van der Waals surface area contributed by atoms with Crippen LogP contribution in [0.2, 0.25) is 0 Å². The molecule has 15 heavy (non-hydrogen) atoms. The van der Waals surface area contributed by atoms with Gasteiger partial charge in [-0.05, 0) is 0 Å². The van der Waals surface area contributed by atoms with E-state index < -0.39 is 0 Å². The molecule has 78 valence electrons. The van der Waals surface area contributed by atoms with Gasteiger partial charge in [0.25, 0.3) is 0 Å². The zero-order valence-corrected chi connectivity index (χ0v) is 10.0. The van der Waals surface area contributed by atoms with Gasteiger partial charge in [-0.15, -0.1) is 0 Å². The fraction of sp³-hybridized carbons (Fsp3) is 0.333. The topological polar surface area (TPSA) is 27.7 Å². The second-order valence-corrected chi connectivity index (χ2v) is 5.99. The van der Waals surface area contributed by atoms with E-state index in [2.05, 4.69) is 0 Å². The Morgan fingerprint density at radius 2 is 0.933 bits per heavy atom. The third-order valence-electron chi connectivity index (χ3n) is 2.46. The summed E-state index contributed by atoms with van der Waals surface area (Å²) in [5.41, 5.74) is 0. The molecule has 3 aliphatic heterocycles. The Morgan fingerprint density at radius 1 is 0.600 bits per heavy atom. The maximum Gasteiger partial charge on any atom is 0.155 e. The number of hydrogen-bond donors (Lipinski definition) is 0. The first-order valence-corrected chi connectivity index (χ1v) is 7.41. The second kappa shape index (κ2) is 3.09. The minimum atomic E-state index is 0.687. The summed E-state index contributed by atoms with van der Waals surface area (Å²) in [7, 11) is 0. The van der Waals surface area contributed by atoms with Crippen LogP contribution >= 0.6 is 35.3 Å². The van der Waals surface area contributed by atoms with E-state index in [-0.39, 0.29) is 0 Å². The van der Waals surface area contributed by atoms with Crippen molar-refractivity contribution in [2.24, 2.45) is 0 Å². The summed E-state index contributed by atoms with van der Waals surface area (Å²) >= 11 is 5.13. The van der Waals surface area contributed by atoms with E-state index in [4.69, 9.17) is 14.2 Å². The number of ether oxygens (including phenoxy) is 3. The average Bonchev–Trinajstić information content (AvgIpc) is 2.97. The van der Waals surface area contributed by atoms with Crippen LogP contribution in [-0.4, -0.2) is 17.8 Å². The van der Waals surface area contributed by atoms with Gasteiger partial charge >= 0.3 is 0 Å². The first-order chi connectivity index (χ1) is 7.45. The molecule has 0 aromatic heterocycles. The lowest BCUT2D eigenvalue weighted by molar-refractivity contribution is 0.343. The molecule has 3 heterocycles. The Hall–Kier alpha value is -0.330. The van der Waals surface area contributed by atoms with Gasteiger partial charge < -0.3 is 14.2 Å². The zero-order chi connectivity index (χ0) is 9.83. The van der Waals surface area contributed by atoms with Gasteiger partial charge in [0.05, 0.1) is 14.7 Å². The second-order valence-electron chi connectivity index (χ2n) is 3.19. The Morgan fingerprint density at radius 3 is 1.27 bits per heavy atom. The quantitative estimate of drug-likeness (QED) is 0.710. The normalized spacial score (nSPS) is 20.0. The molecule has 0 bridgehead atoms. The molecule has 4 rings (SSSR count). The minimum absolute atomic E-state index is 0.687. The molecule has 0 amide bonds. The van der Waals surface area contributed by atoms with Gasteiger partial charge in [0.2, 0.25) is 0 Å². The van der Waals surface area contributed by atoms with E-state index in [0.717, 1.165) is 31.9 Å². The van der Waals surface area contributed by atoms with E-state index in [1.807, 2.05) is 0 Å². The van der Waals surface area contributed by atoms with E-state index in [1.165, 1.54) is 0 Å². The highest BCUT2D eigenvalue weighted by molar-refractivity contribution is 8.01. The average molecular weight is 258 g/mol. The number of thioether (sulfide) groups is 3. The van der Waals surface area contributed by atoms with Gasteiger partial charge in [-0.2, -0.15) is 0 Å². The van der Waals surface area contributed by atoms with Crippen molar-refractivity contribution in [3.63, 3.8) is 0 Å². The maximum absolute atomic E-state index is 5.64. The summed E-state index contributed by atoms with van der Waals surface area (Å²) in [5, 5.41) is 0. The van der Waals surface area contributed by atoms with Gasteiger partial charge in [0.15, 0.2) is 17.2 Å². The standard InChI is InChI=1S/C9H6O3S3/c1-10-4-7(13-1)5-9(15-2-11-5)6-8(4)14-3-12-6/h1-3H2. The molecule has 0 N–H and O–H groups in total. The minimum Gasteiger partial charge on any atom is -0.480 e. The van der Waals surface area contributed by atoms with Crippen molar-refractivity contribution < 1.29 is 14.2 Å². The first-order valence-electron chi connectivity index (χ1n) is 4.46. The summed E-state index contributed by atoms with van der Waals surface area (Å²) < 4.78 is 16.9. The summed E-state index contributed by atoms with van der Waals surface area (Å²) in [6, 6.07) is 0. The molecule has 6 heteroatoms. The van der Waals surface area contributed by atoms with E-state index >= 15 is 0 Å². The molecule has 1 aromatic carbocycles. The summed E-state index contributed by atoms with van der Waals surface area (Å²) in [6.07, 6.45) is 0. The molecule has 0 spiro atoms. The Labute approximate surface area is 99.2 Å². The summed E-state index contributed by atoms with van der Waals surface area (Å²) in [6.45, 7) is 0. The molecular weight excluding hydrogens is 252 g/mol. The van der Waals surface area contributed by atoms with Gasteiger partial charge in [-0.1, -0.05) is 35.3 Å². The van der Waals surface area contributed by atoms with E-state index in [0.29, 0.717) is 17.8 Å². The lowest BCUT2D eigenvalue weighted by Gasteiger charge is -2.08. The number of rotatable bonds is 0. The molecule has 0 aliphatic carbocycles. The molecule has 0 saturated heterocycles. The van der Waals surface area contributed by atoms with Crippen molar-refractivity contribution in [3.05, 3.63) is 0 Å². The van der Waals surface area contributed by atoms with Gasteiger partial charge in [-0.3, -0.25) is 0 Å². The maximum atomic E-state index is 5.64. The van der Waals surface area contributed by atoms with Gasteiger partial charge in [0, 0.05) is 0 Å². The molecule has 0 saturated carbocycles. The predicted molar refractivity (Wildman–Crippen MR) is 60.5 cm³/mol. The Balaban J connectivity index is 2.08. The molecule has 0 atom stereocenters. The Bertz CT molecular complexity index is 335. The smallest absolute Gasteiger partial charge is 0.155 e. The number of fused-ring (bicyclic) bond motifs is 6. The van der Waals surface area contributed by atoms with Crippen molar-refractivity contribution in [2.45, 2.75) is 14.7 Å². The van der Waals surface area contributed by atoms with Crippen molar-refractivity contribution in [3.8, 4) is 17.2 Å². The van der Waals surface area contributed by atoms with Crippen LogP contribution in [0.5, 0.6) is 17.2 Å².